The fraction of sp³-hybridized carbons (Fsp3) is 0.222. The van der Waals surface area contributed by atoms with Gasteiger partial charge in [-0.3, -0.25) is 4.79 Å². The van der Waals surface area contributed by atoms with Crippen molar-refractivity contribution >= 4 is 60.5 Å². The zero-order valence-electron chi connectivity index (χ0n) is 14.6. The van der Waals surface area contributed by atoms with Gasteiger partial charge in [-0.05, 0) is 29.8 Å². The second-order valence-electron chi connectivity index (χ2n) is 5.88. The smallest absolute Gasteiger partial charge is 0.252 e. The van der Waals surface area contributed by atoms with Crippen LogP contribution in [0.4, 0.5) is 0 Å². The molecule has 2 aromatic carbocycles. The van der Waals surface area contributed by atoms with Crippen LogP contribution in [0.1, 0.15) is 12.5 Å². The number of hydrogen-bond acceptors (Lipinski definition) is 4. The number of fused-ring (bicyclic) bond motifs is 1. The Labute approximate surface area is 170 Å². The minimum atomic E-state index is -3.26. The standard InChI is InChI=1S/C18H16Cl2N2O3S2/c1-3-27(24,25)12-6-4-11(5-7-12)10-15(23)21-18-22(2)16-13(19)8-9-14(20)17(16)26-18/h4-9H,3,10H2,1-2H3. The monoisotopic (exact) mass is 442 g/mol. The van der Waals surface area contributed by atoms with Crippen LogP contribution in [-0.2, 0) is 28.1 Å². The lowest BCUT2D eigenvalue weighted by molar-refractivity contribution is -0.117. The molecule has 0 saturated heterocycles. The molecule has 0 atom stereocenters. The molecule has 1 aromatic heterocycles. The summed E-state index contributed by atoms with van der Waals surface area (Å²) in [6.45, 7) is 1.59. The molecule has 3 aromatic rings. The van der Waals surface area contributed by atoms with Crippen LogP contribution in [0.2, 0.25) is 10.0 Å². The second kappa shape index (κ2) is 7.75. The Bertz CT molecular complexity index is 1190. The van der Waals surface area contributed by atoms with E-state index in [1.807, 2.05) is 0 Å². The van der Waals surface area contributed by atoms with E-state index in [1.165, 1.54) is 23.5 Å². The highest BCUT2D eigenvalue weighted by atomic mass is 35.5. The van der Waals surface area contributed by atoms with Crippen molar-refractivity contribution in [1.82, 2.24) is 4.57 Å². The number of carbonyl (C=O) groups excluding carboxylic acids is 1. The average Bonchev–Trinajstić information content (AvgIpc) is 2.96. The van der Waals surface area contributed by atoms with Crippen molar-refractivity contribution in [3.63, 3.8) is 0 Å². The third kappa shape index (κ3) is 4.11. The number of hydrogen-bond donors (Lipinski definition) is 0. The quantitative estimate of drug-likeness (QED) is 0.612. The summed E-state index contributed by atoms with van der Waals surface area (Å²) in [5.74, 6) is -0.302. The Kier molecular flexibility index (Phi) is 5.76. The first-order valence-electron chi connectivity index (χ1n) is 8.05. The highest BCUT2D eigenvalue weighted by Gasteiger charge is 2.13. The van der Waals surface area contributed by atoms with Gasteiger partial charge in [0, 0.05) is 7.05 Å². The van der Waals surface area contributed by atoms with E-state index in [0.717, 1.165) is 10.2 Å². The van der Waals surface area contributed by atoms with Crippen molar-refractivity contribution < 1.29 is 13.2 Å². The molecule has 9 heteroatoms. The molecule has 0 bridgehead atoms. The molecule has 0 N–H and O–H groups in total. The normalized spacial score (nSPS) is 12.7. The van der Waals surface area contributed by atoms with Crippen LogP contribution in [-0.4, -0.2) is 24.6 Å². The predicted molar refractivity (Wildman–Crippen MR) is 109 cm³/mol. The summed E-state index contributed by atoms with van der Waals surface area (Å²) in [5, 5.41) is 1.09. The fourth-order valence-corrected chi connectivity index (χ4v) is 5.15. The highest BCUT2D eigenvalue weighted by Crippen LogP contribution is 2.31. The maximum absolute atomic E-state index is 12.4. The molecule has 27 heavy (non-hydrogen) atoms. The number of rotatable bonds is 4. The first-order chi connectivity index (χ1) is 12.7. The van der Waals surface area contributed by atoms with Crippen LogP contribution in [0, 0.1) is 0 Å². The number of benzene rings is 2. The van der Waals surface area contributed by atoms with Crippen molar-refractivity contribution in [2.45, 2.75) is 18.2 Å². The molecule has 0 spiro atoms. The Morgan fingerprint density at radius 3 is 2.33 bits per heavy atom. The van der Waals surface area contributed by atoms with E-state index in [-0.39, 0.29) is 23.0 Å². The molecule has 0 saturated carbocycles. The molecule has 0 unspecified atom stereocenters. The van der Waals surface area contributed by atoms with Crippen LogP contribution in [0.3, 0.4) is 0 Å². The van der Waals surface area contributed by atoms with E-state index in [0.29, 0.717) is 20.4 Å². The number of carbonyl (C=O) groups is 1. The molecule has 0 fully saturated rings. The summed E-state index contributed by atoms with van der Waals surface area (Å²) in [4.78, 5) is 17.3. The highest BCUT2D eigenvalue weighted by molar-refractivity contribution is 7.91. The average molecular weight is 443 g/mol. The van der Waals surface area contributed by atoms with Gasteiger partial charge in [-0.15, -0.1) is 0 Å². The summed E-state index contributed by atoms with van der Waals surface area (Å²) in [5.41, 5.74) is 1.42. The second-order valence-corrected chi connectivity index (χ2v) is 9.95. The fourth-order valence-electron chi connectivity index (χ4n) is 2.59. The maximum atomic E-state index is 12.4. The van der Waals surface area contributed by atoms with Gasteiger partial charge in [-0.1, -0.05) is 53.6 Å². The number of halogens is 2. The van der Waals surface area contributed by atoms with E-state index < -0.39 is 9.84 Å². The number of nitrogens with zero attached hydrogens (tertiary/aromatic N) is 2. The number of amides is 1. The molecular formula is C18H16Cl2N2O3S2. The minimum Gasteiger partial charge on any atom is -0.318 e. The van der Waals surface area contributed by atoms with Gasteiger partial charge in [-0.25, -0.2) is 8.42 Å². The lowest BCUT2D eigenvalue weighted by Crippen LogP contribution is -2.14. The van der Waals surface area contributed by atoms with Crippen molar-refractivity contribution in [3.05, 3.63) is 56.8 Å². The van der Waals surface area contributed by atoms with E-state index >= 15 is 0 Å². The molecule has 0 radical (unpaired) electrons. The SMILES string of the molecule is CCS(=O)(=O)c1ccc(CC(=O)N=c2sc3c(Cl)ccc(Cl)c3n2C)cc1. The van der Waals surface area contributed by atoms with Gasteiger partial charge in [0.2, 0.25) is 0 Å². The number of thiazole rings is 1. The Morgan fingerprint density at radius 2 is 1.74 bits per heavy atom. The van der Waals surface area contributed by atoms with Gasteiger partial charge in [0.25, 0.3) is 5.91 Å². The summed E-state index contributed by atoms with van der Waals surface area (Å²) in [6, 6.07) is 9.71. The van der Waals surface area contributed by atoms with Crippen molar-refractivity contribution in [3.8, 4) is 0 Å². The van der Waals surface area contributed by atoms with E-state index in [2.05, 4.69) is 4.99 Å². The maximum Gasteiger partial charge on any atom is 0.252 e. The molecule has 0 aliphatic carbocycles. The number of aryl methyl sites for hydroxylation is 1. The lowest BCUT2D eigenvalue weighted by atomic mass is 10.1. The molecule has 3 rings (SSSR count). The molecule has 0 aliphatic heterocycles. The van der Waals surface area contributed by atoms with Crippen LogP contribution in [0.15, 0.2) is 46.3 Å². The zero-order chi connectivity index (χ0) is 19.8. The first-order valence-corrected chi connectivity index (χ1v) is 11.3. The Morgan fingerprint density at radius 1 is 1.11 bits per heavy atom. The van der Waals surface area contributed by atoms with Crippen molar-refractivity contribution in [2.75, 3.05) is 5.75 Å². The molecule has 5 nitrogen and oxygen atoms in total. The third-order valence-electron chi connectivity index (χ3n) is 4.09. The Hall–Kier alpha value is -1.67. The van der Waals surface area contributed by atoms with E-state index in [9.17, 15) is 13.2 Å². The van der Waals surface area contributed by atoms with Crippen LogP contribution >= 0.6 is 34.5 Å². The summed E-state index contributed by atoms with van der Waals surface area (Å²) >= 11 is 13.7. The molecular weight excluding hydrogens is 427 g/mol. The lowest BCUT2D eigenvalue weighted by Gasteiger charge is -2.02. The van der Waals surface area contributed by atoms with Crippen LogP contribution < -0.4 is 4.80 Å². The van der Waals surface area contributed by atoms with Gasteiger partial charge in [-0.2, -0.15) is 4.99 Å². The van der Waals surface area contributed by atoms with Crippen molar-refractivity contribution in [1.29, 1.82) is 0 Å². The molecule has 1 amide bonds. The summed E-state index contributed by atoms with van der Waals surface area (Å²) in [7, 11) is -1.48. The molecule has 142 valence electrons. The first kappa shape index (κ1) is 20.1. The number of aromatic nitrogens is 1. The molecule has 0 aliphatic rings. The van der Waals surface area contributed by atoms with Gasteiger partial charge in [0.05, 0.1) is 37.3 Å². The predicted octanol–water partition coefficient (Wildman–Crippen LogP) is 4.01. The molecule has 1 heterocycles. The van der Waals surface area contributed by atoms with Gasteiger partial charge >= 0.3 is 0 Å². The van der Waals surface area contributed by atoms with Gasteiger partial charge in [0.15, 0.2) is 14.6 Å². The number of sulfone groups is 1. The van der Waals surface area contributed by atoms with Crippen molar-refractivity contribution in [2.24, 2.45) is 12.0 Å². The minimum absolute atomic E-state index is 0.0359. The summed E-state index contributed by atoms with van der Waals surface area (Å²) < 4.78 is 26.2. The van der Waals surface area contributed by atoms with E-state index in [1.54, 1.807) is 42.8 Å². The largest absolute Gasteiger partial charge is 0.318 e. The Balaban J connectivity index is 1.90. The topological polar surface area (TPSA) is 68.5 Å². The van der Waals surface area contributed by atoms with Crippen LogP contribution in [0.5, 0.6) is 0 Å². The summed E-state index contributed by atoms with van der Waals surface area (Å²) in [6.07, 6.45) is 0.0716. The van der Waals surface area contributed by atoms with Gasteiger partial charge < -0.3 is 4.57 Å². The van der Waals surface area contributed by atoms with Crippen LogP contribution in [0.25, 0.3) is 10.2 Å². The van der Waals surface area contributed by atoms with Gasteiger partial charge in [0.1, 0.15) is 0 Å². The third-order valence-corrected chi connectivity index (χ3v) is 7.74. The van der Waals surface area contributed by atoms with E-state index in [4.69, 9.17) is 23.2 Å². The zero-order valence-corrected chi connectivity index (χ0v) is 17.7.